The highest BCUT2D eigenvalue weighted by Gasteiger charge is 1.97. The summed E-state index contributed by atoms with van der Waals surface area (Å²) in [6.45, 7) is 0. The summed E-state index contributed by atoms with van der Waals surface area (Å²) < 4.78 is 0. The SMILES string of the molecule is CN(C)c1cccc(/C=C/c2cc(O)cc(O)c2)c1. The summed E-state index contributed by atoms with van der Waals surface area (Å²) in [6, 6.07) is 12.6. The minimum Gasteiger partial charge on any atom is -0.508 e. The van der Waals surface area contributed by atoms with Crippen molar-refractivity contribution in [2.45, 2.75) is 0 Å². The maximum absolute atomic E-state index is 9.41. The Hall–Kier alpha value is -2.42. The van der Waals surface area contributed by atoms with E-state index >= 15 is 0 Å². The number of nitrogens with zero attached hydrogens (tertiary/aromatic N) is 1. The molecule has 2 rings (SSSR count). The lowest BCUT2D eigenvalue weighted by atomic mass is 10.1. The van der Waals surface area contributed by atoms with Crippen LogP contribution in [0.3, 0.4) is 0 Å². The van der Waals surface area contributed by atoms with Crippen LogP contribution >= 0.6 is 0 Å². The predicted octanol–water partition coefficient (Wildman–Crippen LogP) is 3.33. The van der Waals surface area contributed by atoms with E-state index in [-0.39, 0.29) is 11.5 Å². The molecule has 2 N–H and O–H groups in total. The first-order valence-electron chi connectivity index (χ1n) is 6.03. The van der Waals surface area contributed by atoms with Gasteiger partial charge in [0.2, 0.25) is 0 Å². The van der Waals surface area contributed by atoms with Crippen molar-refractivity contribution in [1.82, 2.24) is 0 Å². The molecular formula is C16H17NO2. The first-order valence-corrected chi connectivity index (χ1v) is 6.03. The number of aromatic hydroxyl groups is 2. The van der Waals surface area contributed by atoms with Gasteiger partial charge in [-0.2, -0.15) is 0 Å². The van der Waals surface area contributed by atoms with E-state index in [0.717, 1.165) is 16.8 Å². The van der Waals surface area contributed by atoms with E-state index in [4.69, 9.17) is 0 Å². The van der Waals surface area contributed by atoms with Gasteiger partial charge in [0.15, 0.2) is 0 Å². The molecule has 0 aliphatic heterocycles. The monoisotopic (exact) mass is 255 g/mol. The van der Waals surface area contributed by atoms with Crippen LogP contribution in [0.25, 0.3) is 12.2 Å². The van der Waals surface area contributed by atoms with Crippen molar-refractivity contribution in [2.75, 3.05) is 19.0 Å². The van der Waals surface area contributed by atoms with Crippen molar-refractivity contribution in [1.29, 1.82) is 0 Å². The fourth-order valence-electron chi connectivity index (χ4n) is 1.81. The molecule has 0 spiro atoms. The van der Waals surface area contributed by atoms with Gasteiger partial charge >= 0.3 is 0 Å². The van der Waals surface area contributed by atoms with Gasteiger partial charge in [0, 0.05) is 25.8 Å². The number of benzene rings is 2. The van der Waals surface area contributed by atoms with E-state index in [1.165, 1.54) is 6.07 Å². The summed E-state index contributed by atoms with van der Waals surface area (Å²) in [7, 11) is 3.99. The van der Waals surface area contributed by atoms with Crippen molar-refractivity contribution in [3.63, 3.8) is 0 Å². The maximum atomic E-state index is 9.41. The molecule has 0 radical (unpaired) electrons. The van der Waals surface area contributed by atoms with Crippen molar-refractivity contribution in [2.24, 2.45) is 0 Å². The molecule has 2 aromatic rings. The van der Waals surface area contributed by atoms with Crippen LogP contribution in [-0.2, 0) is 0 Å². The van der Waals surface area contributed by atoms with E-state index in [1.807, 2.05) is 49.3 Å². The highest BCUT2D eigenvalue weighted by molar-refractivity contribution is 5.72. The molecule has 2 aromatic carbocycles. The average Bonchev–Trinajstić information content (AvgIpc) is 2.35. The molecule has 0 aliphatic carbocycles. The molecule has 0 fully saturated rings. The summed E-state index contributed by atoms with van der Waals surface area (Å²) in [6.07, 6.45) is 3.80. The molecule has 0 aliphatic rings. The lowest BCUT2D eigenvalue weighted by molar-refractivity contribution is 0.450. The zero-order valence-electron chi connectivity index (χ0n) is 11.0. The van der Waals surface area contributed by atoms with Crippen molar-refractivity contribution < 1.29 is 10.2 Å². The third kappa shape index (κ3) is 3.52. The Morgan fingerprint density at radius 2 is 1.47 bits per heavy atom. The number of hydrogen-bond donors (Lipinski definition) is 2. The molecule has 3 nitrogen and oxygen atoms in total. The quantitative estimate of drug-likeness (QED) is 0.827. The van der Waals surface area contributed by atoms with Crippen LogP contribution < -0.4 is 4.90 Å². The second-order valence-corrected chi connectivity index (χ2v) is 4.61. The fraction of sp³-hybridized carbons (Fsp3) is 0.125. The summed E-state index contributed by atoms with van der Waals surface area (Å²) in [5, 5.41) is 18.8. The van der Waals surface area contributed by atoms with Crippen molar-refractivity contribution >= 4 is 17.8 Å². The number of rotatable bonds is 3. The Labute approximate surface area is 113 Å². The molecule has 0 heterocycles. The van der Waals surface area contributed by atoms with Crippen molar-refractivity contribution in [3.05, 3.63) is 53.6 Å². The molecule has 0 saturated heterocycles. The normalized spacial score (nSPS) is 10.8. The highest BCUT2D eigenvalue weighted by atomic mass is 16.3. The van der Waals surface area contributed by atoms with Gasteiger partial charge < -0.3 is 15.1 Å². The molecule has 0 aromatic heterocycles. The van der Waals surface area contributed by atoms with Gasteiger partial charge in [0.25, 0.3) is 0 Å². The second kappa shape index (κ2) is 5.48. The van der Waals surface area contributed by atoms with Crippen LogP contribution in [0.2, 0.25) is 0 Å². The van der Waals surface area contributed by atoms with Crippen LogP contribution in [0.1, 0.15) is 11.1 Å². The van der Waals surface area contributed by atoms with Crippen LogP contribution in [0, 0.1) is 0 Å². The number of phenolic OH excluding ortho intramolecular Hbond substituents is 2. The molecule has 0 atom stereocenters. The zero-order chi connectivity index (χ0) is 13.8. The Kier molecular flexibility index (Phi) is 3.76. The minimum atomic E-state index is 0.0571. The molecule has 0 amide bonds. The Bertz CT molecular complexity index is 583. The third-order valence-electron chi connectivity index (χ3n) is 2.78. The van der Waals surface area contributed by atoms with Gasteiger partial charge in [-0.05, 0) is 35.4 Å². The third-order valence-corrected chi connectivity index (χ3v) is 2.78. The molecule has 0 unspecified atom stereocenters. The van der Waals surface area contributed by atoms with E-state index in [2.05, 4.69) is 6.07 Å². The van der Waals surface area contributed by atoms with E-state index in [0.29, 0.717) is 0 Å². The van der Waals surface area contributed by atoms with Crippen LogP contribution in [0.15, 0.2) is 42.5 Å². The zero-order valence-corrected chi connectivity index (χ0v) is 11.0. The van der Waals surface area contributed by atoms with Gasteiger partial charge in [-0.3, -0.25) is 0 Å². The Morgan fingerprint density at radius 3 is 2.11 bits per heavy atom. The Balaban J connectivity index is 2.24. The van der Waals surface area contributed by atoms with E-state index in [1.54, 1.807) is 12.1 Å². The average molecular weight is 255 g/mol. The highest BCUT2D eigenvalue weighted by Crippen LogP contribution is 2.22. The van der Waals surface area contributed by atoms with E-state index < -0.39 is 0 Å². The lowest BCUT2D eigenvalue weighted by Gasteiger charge is -2.12. The van der Waals surface area contributed by atoms with Gasteiger partial charge in [0.05, 0.1) is 0 Å². The fourth-order valence-corrected chi connectivity index (χ4v) is 1.81. The summed E-state index contributed by atoms with van der Waals surface area (Å²) in [4.78, 5) is 2.04. The van der Waals surface area contributed by atoms with E-state index in [9.17, 15) is 10.2 Å². The standard InChI is InChI=1S/C16H17NO2/c1-17(2)14-5-3-4-12(8-14)6-7-13-9-15(18)11-16(19)10-13/h3-11,18-19H,1-2H3/b7-6+. The summed E-state index contributed by atoms with van der Waals surface area (Å²) in [5.74, 6) is 0.114. The van der Waals surface area contributed by atoms with Crippen LogP contribution in [0.4, 0.5) is 5.69 Å². The smallest absolute Gasteiger partial charge is 0.119 e. The molecule has 0 saturated carbocycles. The molecular weight excluding hydrogens is 238 g/mol. The lowest BCUT2D eigenvalue weighted by Crippen LogP contribution is -2.08. The van der Waals surface area contributed by atoms with Crippen molar-refractivity contribution in [3.8, 4) is 11.5 Å². The minimum absolute atomic E-state index is 0.0571. The molecule has 98 valence electrons. The van der Waals surface area contributed by atoms with Gasteiger partial charge in [-0.15, -0.1) is 0 Å². The first-order chi connectivity index (χ1) is 9.04. The topological polar surface area (TPSA) is 43.7 Å². The van der Waals surface area contributed by atoms with Gasteiger partial charge in [-0.25, -0.2) is 0 Å². The van der Waals surface area contributed by atoms with Crippen LogP contribution in [-0.4, -0.2) is 24.3 Å². The van der Waals surface area contributed by atoms with Gasteiger partial charge in [0.1, 0.15) is 11.5 Å². The number of phenols is 2. The number of hydrogen-bond acceptors (Lipinski definition) is 3. The number of anilines is 1. The Morgan fingerprint density at radius 1 is 0.842 bits per heavy atom. The summed E-state index contributed by atoms with van der Waals surface area (Å²) >= 11 is 0. The maximum Gasteiger partial charge on any atom is 0.119 e. The predicted molar refractivity (Wildman–Crippen MR) is 79.5 cm³/mol. The largest absolute Gasteiger partial charge is 0.508 e. The summed E-state index contributed by atoms with van der Waals surface area (Å²) in [5.41, 5.74) is 2.95. The first kappa shape index (κ1) is 13.0. The second-order valence-electron chi connectivity index (χ2n) is 4.61. The van der Waals surface area contributed by atoms with Crippen LogP contribution in [0.5, 0.6) is 11.5 Å². The molecule has 0 bridgehead atoms. The van der Waals surface area contributed by atoms with Gasteiger partial charge in [-0.1, -0.05) is 24.3 Å². The molecule has 3 heteroatoms. The molecule has 19 heavy (non-hydrogen) atoms.